The number of benzene rings is 2. The zero-order valence-electron chi connectivity index (χ0n) is 20.2. The molecule has 2 aromatic carbocycles. The molecule has 8 heteroatoms. The van der Waals surface area contributed by atoms with Crippen molar-refractivity contribution in [1.29, 1.82) is 0 Å². The Morgan fingerprint density at radius 2 is 1.89 bits per heavy atom. The van der Waals surface area contributed by atoms with Crippen LogP contribution in [0.2, 0.25) is 0 Å². The summed E-state index contributed by atoms with van der Waals surface area (Å²) in [5.74, 6) is 0.350. The normalized spacial score (nSPS) is 21.9. The molecule has 0 unspecified atom stereocenters. The number of hydrogen-bond donors (Lipinski definition) is 1. The summed E-state index contributed by atoms with van der Waals surface area (Å²) in [7, 11) is 2.08. The molecule has 1 amide bonds. The van der Waals surface area contributed by atoms with E-state index in [9.17, 15) is 9.18 Å². The van der Waals surface area contributed by atoms with Crippen LogP contribution in [-0.4, -0.2) is 90.7 Å². The Bertz CT molecular complexity index is 1140. The fourth-order valence-electron chi connectivity index (χ4n) is 4.94. The van der Waals surface area contributed by atoms with Crippen LogP contribution in [0.15, 0.2) is 54.7 Å². The third-order valence-electron chi connectivity index (χ3n) is 7.00. The predicted octanol–water partition coefficient (Wildman–Crippen LogP) is 3.12. The number of piperazine rings is 1. The van der Waals surface area contributed by atoms with Crippen LogP contribution in [-0.2, 0) is 16.1 Å². The molecule has 35 heavy (non-hydrogen) atoms. The van der Waals surface area contributed by atoms with E-state index in [2.05, 4.69) is 46.1 Å². The van der Waals surface area contributed by atoms with Gasteiger partial charge in [0, 0.05) is 57.5 Å². The molecule has 186 valence electrons. The summed E-state index contributed by atoms with van der Waals surface area (Å²) in [6.45, 7) is 6.07. The molecule has 0 radical (unpaired) electrons. The van der Waals surface area contributed by atoms with Gasteiger partial charge in [0.25, 0.3) is 0 Å². The van der Waals surface area contributed by atoms with Gasteiger partial charge in [0.2, 0.25) is 5.91 Å². The summed E-state index contributed by atoms with van der Waals surface area (Å²) in [5.41, 5.74) is 1.55. The van der Waals surface area contributed by atoms with Crippen molar-refractivity contribution in [1.82, 2.24) is 19.7 Å². The van der Waals surface area contributed by atoms with E-state index in [1.165, 1.54) is 23.1 Å². The van der Waals surface area contributed by atoms with Crippen molar-refractivity contribution in [2.24, 2.45) is 0 Å². The Balaban J connectivity index is 1.31. The molecule has 7 nitrogen and oxygen atoms in total. The Labute approximate surface area is 205 Å². The van der Waals surface area contributed by atoms with E-state index in [0.29, 0.717) is 18.9 Å². The number of aromatic nitrogens is 1. The van der Waals surface area contributed by atoms with Crippen molar-refractivity contribution in [2.75, 3.05) is 59.5 Å². The standard InChI is InChI=1S/C27H33FN4O3/c1-30-10-12-32(13-11-30)26(33)17-27(20-34-24-6-4-23(28)5-7-24)19-31(14-15-35-27)18-21-2-3-22-8-9-29-25(22)16-21/h2-9,16,29H,10-15,17-20H2,1H3/t27-/m0/s1. The number of ether oxygens (including phenoxy) is 2. The monoisotopic (exact) mass is 480 g/mol. The van der Waals surface area contributed by atoms with Crippen LogP contribution in [0, 0.1) is 5.82 Å². The van der Waals surface area contributed by atoms with Crippen LogP contribution in [0.4, 0.5) is 4.39 Å². The van der Waals surface area contributed by atoms with Crippen LogP contribution in [0.3, 0.4) is 0 Å². The maximum absolute atomic E-state index is 13.4. The van der Waals surface area contributed by atoms with Gasteiger partial charge >= 0.3 is 0 Å². The third kappa shape index (κ3) is 5.83. The number of aromatic amines is 1. The second-order valence-electron chi connectivity index (χ2n) is 9.74. The van der Waals surface area contributed by atoms with Crippen molar-refractivity contribution in [3.63, 3.8) is 0 Å². The lowest BCUT2D eigenvalue weighted by Crippen LogP contribution is -2.58. The maximum Gasteiger partial charge on any atom is 0.225 e. The van der Waals surface area contributed by atoms with Crippen LogP contribution in [0.25, 0.3) is 10.9 Å². The first kappa shape index (κ1) is 23.8. The smallest absolute Gasteiger partial charge is 0.225 e. The van der Waals surface area contributed by atoms with Gasteiger partial charge in [-0.25, -0.2) is 4.39 Å². The SMILES string of the molecule is CN1CCN(C(=O)C[C@@]2(COc3ccc(F)cc3)CN(Cc3ccc4cc[nH]c4c3)CCO2)CC1. The molecular weight excluding hydrogens is 447 g/mol. The first-order valence-electron chi connectivity index (χ1n) is 12.3. The Morgan fingerprint density at radius 3 is 2.69 bits per heavy atom. The number of morpholine rings is 1. The van der Waals surface area contributed by atoms with E-state index in [-0.39, 0.29) is 24.8 Å². The lowest BCUT2D eigenvalue weighted by Gasteiger charge is -2.43. The van der Waals surface area contributed by atoms with Crippen LogP contribution in [0.1, 0.15) is 12.0 Å². The quantitative estimate of drug-likeness (QED) is 0.563. The summed E-state index contributed by atoms with van der Waals surface area (Å²) in [4.78, 5) is 23.1. The minimum Gasteiger partial charge on any atom is -0.491 e. The van der Waals surface area contributed by atoms with Gasteiger partial charge in [0.15, 0.2) is 0 Å². The minimum absolute atomic E-state index is 0.0930. The summed E-state index contributed by atoms with van der Waals surface area (Å²) in [6, 6.07) is 14.5. The molecule has 1 atom stereocenters. The molecule has 5 rings (SSSR count). The van der Waals surface area contributed by atoms with E-state index < -0.39 is 5.60 Å². The number of hydrogen-bond acceptors (Lipinski definition) is 5. The van der Waals surface area contributed by atoms with Gasteiger partial charge in [-0.1, -0.05) is 12.1 Å². The molecule has 2 fully saturated rings. The number of halogens is 1. The molecule has 0 saturated carbocycles. The van der Waals surface area contributed by atoms with Gasteiger partial charge in [-0.2, -0.15) is 0 Å². The van der Waals surface area contributed by atoms with Gasteiger partial charge in [0.1, 0.15) is 23.8 Å². The predicted molar refractivity (Wildman–Crippen MR) is 133 cm³/mol. The number of carbonyl (C=O) groups excluding carboxylic acids is 1. The van der Waals surface area contributed by atoms with Gasteiger partial charge in [-0.05, 0) is 54.4 Å². The van der Waals surface area contributed by atoms with Crippen LogP contribution < -0.4 is 4.74 Å². The highest BCUT2D eigenvalue weighted by atomic mass is 19.1. The fraction of sp³-hybridized carbons (Fsp3) is 0.444. The molecule has 0 aliphatic carbocycles. The molecule has 1 N–H and O–H groups in total. The lowest BCUT2D eigenvalue weighted by atomic mass is 9.96. The summed E-state index contributed by atoms with van der Waals surface area (Å²) in [5, 5.41) is 1.19. The highest BCUT2D eigenvalue weighted by Gasteiger charge is 2.41. The molecule has 3 aromatic rings. The first-order valence-corrected chi connectivity index (χ1v) is 12.3. The molecule has 2 aliphatic rings. The number of H-pyrrole nitrogens is 1. The van der Waals surface area contributed by atoms with Crippen LogP contribution in [0.5, 0.6) is 5.75 Å². The number of likely N-dealkylation sites (N-methyl/N-ethyl adjacent to an activating group) is 1. The zero-order valence-corrected chi connectivity index (χ0v) is 20.2. The molecular formula is C27H33FN4O3. The number of amides is 1. The molecule has 0 spiro atoms. The number of nitrogens with one attached hydrogen (secondary N) is 1. The zero-order chi connectivity index (χ0) is 24.3. The van der Waals surface area contributed by atoms with E-state index in [1.54, 1.807) is 12.1 Å². The maximum atomic E-state index is 13.4. The van der Waals surface area contributed by atoms with Gasteiger partial charge < -0.3 is 24.3 Å². The van der Waals surface area contributed by atoms with Crippen molar-refractivity contribution in [3.05, 3.63) is 66.1 Å². The summed E-state index contributed by atoms with van der Waals surface area (Å²) in [6.07, 6.45) is 2.20. The van der Waals surface area contributed by atoms with Crippen molar-refractivity contribution >= 4 is 16.8 Å². The molecule has 1 aromatic heterocycles. The second kappa shape index (κ2) is 10.4. The van der Waals surface area contributed by atoms with E-state index in [0.717, 1.165) is 44.8 Å². The fourth-order valence-corrected chi connectivity index (χ4v) is 4.94. The lowest BCUT2D eigenvalue weighted by molar-refractivity contribution is -0.157. The van der Waals surface area contributed by atoms with Gasteiger partial charge in [-0.15, -0.1) is 0 Å². The largest absolute Gasteiger partial charge is 0.491 e. The first-order chi connectivity index (χ1) is 17.0. The number of rotatable bonds is 7. The average Bonchev–Trinajstić information content (AvgIpc) is 3.32. The molecule has 2 saturated heterocycles. The van der Waals surface area contributed by atoms with Gasteiger partial charge in [-0.3, -0.25) is 9.69 Å². The molecule has 0 bridgehead atoms. The van der Waals surface area contributed by atoms with E-state index >= 15 is 0 Å². The third-order valence-corrected chi connectivity index (χ3v) is 7.00. The van der Waals surface area contributed by atoms with Crippen molar-refractivity contribution in [2.45, 2.75) is 18.6 Å². The van der Waals surface area contributed by atoms with Crippen molar-refractivity contribution < 1.29 is 18.7 Å². The number of nitrogens with zero attached hydrogens (tertiary/aromatic N) is 3. The highest BCUT2D eigenvalue weighted by Crippen LogP contribution is 2.27. The number of carbonyl (C=O) groups is 1. The topological polar surface area (TPSA) is 61.0 Å². The average molecular weight is 481 g/mol. The summed E-state index contributed by atoms with van der Waals surface area (Å²) >= 11 is 0. The van der Waals surface area contributed by atoms with E-state index in [1.807, 2.05) is 11.1 Å². The number of fused-ring (bicyclic) bond motifs is 1. The molecule has 3 heterocycles. The highest BCUT2D eigenvalue weighted by molar-refractivity contribution is 5.80. The van der Waals surface area contributed by atoms with Gasteiger partial charge in [0.05, 0.1) is 13.0 Å². The summed E-state index contributed by atoms with van der Waals surface area (Å²) < 4.78 is 25.7. The molecule has 2 aliphatic heterocycles. The Morgan fingerprint density at radius 1 is 1.09 bits per heavy atom. The van der Waals surface area contributed by atoms with Crippen molar-refractivity contribution in [3.8, 4) is 5.75 Å². The Kier molecular flexibility index (Phi) is 7.04. The van der Waals surface area contributed by atoms with E-state index in [4.69, 9.17) is 9.47 Å². The minimum atomic E-state index is -0.774. The van der Waals surface area contributed by atoms with Crippen LogP contribution >= 0.6 is 0 Å². The second-order valence-corrected chi connectivity index (χ2v) is 9.74. The Hall–Kier alpha value is -2.94.